The Labute approximate surface area is 185 Å². The lowest BCUT2D eigenvalue weighted by Crippen LogP contribution is -2.45. The summed E-state index contributed by atoms with van der Waals surface area (Å²) < 4.78 is 0. The largest absolute Gasteiger partial charge is 0.357 e. The highest BCUT2D eigenvalue weighted by atomic mass is 127. The number of hydrogen-bond donors (Lipinski definition) is 3. The fourth-order valence-corrected chi connectivity index (χ4v) is 3.36. The third-order valence-electron chi connectivity index (χ3n) is 3.97. The quantitative estimate of drug-likeness (QED) is 0.186. The average molecular weight is 510 g/mol. The number of rotatable bonds is 11. The molecule has 3 N–H and O–H groups in total. The van der Waals surface area contributed by atoms with E-state index in [0.29, 0.717) is 25.2 Å². The second kappa shape index (κ2) is 15.1. The number of aliphatic imine (C=N–C) groups is 1. The number of nitrogens with one attached hydrogen (secondary N) is 3. The van der Waals surface area contributed by atoms with Crippen molar-refractivity contribution in [3.05, 3.63) is 22.4 Å². The van der Waals surface area contributed by atoms with E-state index in [9.17, 15) is 4.79 Å². The molecule has 0 aliphatic rings. The number of guanidine groups is 1. The number of hydrogen-bond acceptors (Lipinski definition) is 4. The molecular formula is C19H36IN5OS. The zero-order valence-electron chi connectivity index (χ0n) is 17.2. The van der Waals surface area contributed by atoms with Crippen LogP contribution in [-0.4, -0.2) is 61.6 Å². The van der Waals surface area contributed by atoms with Gasteiger partial charge in [0.15, 0.2) is 5.96 Å². The standard InChI is InChI=1S/C19H35N5OS.HI/c1-6-20-19(23-12-13-24(15(2)3)16(4)5)22-11-8-10-21-18(25)17-9-7-14-26-17;/h7,9,14-16H,6,8,10-13H2,1-5H3,(H,21,25)(H2,20,22,23);1H. The summed E-state index contributed by atoms with van der Waals surface area (Å²) >= 11 is 1.46. The van der Waals surface area contributed by atoms with Crippen molar-refractivity contribution in [1.82, 2.24) is 20.9 Å². The van der Waals surface area contributed by atoms with E-state index in [0.717, 1.165) is 36.9 Å². The molecular weight excluding hydrogens is 473 g/mol. The summed E-state index contributed by atoms with van der Waals surface area (Å²) in [7, 11) is 0. The summed E-state index contributed by atoms with van der Waals surface area (Å²) in [4.78, 5) is 19.6. The molecule has 1 amide bonds. The molecule has 1 rings (SSSR count). The van der Waals surface area contributed by atoms with E-state index < -0.39 is 0 Å². The maximum Gasteiger partial charge on any atom is 0.261 e. The number of halogens is 1. The molecule has 0 saturated carbocycles. The van der Waals surface area contributed by atoms with E-state index in [1.165, 1.54) is 11.3 Å². The molecule has 156 valence electrons. The number of amides is 1. The molecule has 1 aromatic rings. The average Bonchev–Trinajstić information content (AvgIpc) is 3.12. The van der Waals surface area contributed by atoms with Crippen molar-refractivity contribution >= 4 is 47.2 Å². The lowest BCUT2D eigenvalue weighted by molar-refractivity contribution is 0.0957. The lowest BCUT2D eigenvalue weighted by atomic mass is 10.2. The smallest absolute Gasteiger partial charge is 0.261 e. The Morgan fingerprint density at radius 2 is 1.85 bits per heavy atom. The van der Waals surface area contributed by atoms with Crippen LogP contribution in [0.2, 0.25) is 0 Å². The molecule has 0 spiro atoms. The summed E-state index contributed by atoms with van der Waals surface area (Å²) in [5.74, 6) is 0.834. The van der Waals surface area contributed by atoms with Gasteiger partial charge in [0.25, 0.3) is 5.91 Å². The molecule has 0 aromatic carbocycles. The Morgan fingerprint density at radius 3 is 2.41 bits per heavy atom. The summed E-state index contributed by atoms with van der Waals surface area (Å²) in [5.41, 5.74) is 0. The fraction of sp³-hybridized carbons (Fsp3) is 0.684. The van der Waals surface area contributed by atoms with Gasteiger partial charge in [-0.25, -0.2) is 0 Å². The molecule has 0 radical (unpaired) electrons. The van der Waals surface area contributed by atoms with Gasteiger partial charge in [-0.1, -0.05) is 6.07 Å². The zero-order chi connectivity index (χ0) is 19.4. The summed E-state index contributed by atoms with van der Waals surface area (Å²) in [6, 6.07) is 4.78. The Balaban J connectivity index is 0.00000676. The van der Waals surface area contributed by atoms with Gasteiger partial charge in [0.05, 0.1) is 4.88 Å². The van der Waals surface area contributed by atoms with Crippen molar-refractivity contribution < 1.29 is 4.79 Å². The molecule has 0 fully saturated rings. The van der Waals surface area contributed by atoms with Gasteiger partial charge in [0.1, 0.15) is 0 Å². The molecule has 27 heavy (non-hydrogen) atoms. The van der Waals surface area contributed by atoms with Crippen LogP contribution in [0.25, 0.3) is 0 Å². The molecule has 0 aliphatic heterocycles. The summed E-state index contributed by atoms with van der Waals surface area (Å²) in [6.07, 6.45) is 0.817. The Hall–Kier alpha value is -0.870. The maximum atomic E-state index is 11.9. The third kappa shape index (κ3) is 10.9. The summed E-state index contributed by atoms with van der Waals surface area (Å²) in [6.45, 7) is 15.0. The van der Waals surface area contributed by atoms with Gasteiger partial charge in [-0.3, -0.25) is 14.7 Å². The molecule has 1 heterocycles. The van der Waals surface area contributed by atoms with Crippen LogP contribution in [0.4, 0.5) is 0 Å². The van der Waals surface area contributed by atoms with E-state index in [-0.39, 0.29) is 29.9 Å². The molecule has 0 aliphatic carbocycles. The first kappa shape index (κ1) is 26.1. The van der Waals surface area contributed by atoms with Crippen molar-refractivity contribution in [1.29, 1.82) is 0 Å². The first-order valence-electron chi connectivity index (χ1n) is 9.55. The second-order valence-electron chi connectivity index (χ2n) is 6.70. The minimum Gasteiger partial charge on any atom is -0.357 e. The number of carbonyl (C=O) groups excluding carboxylic acids is 1. The zero-order valence-corrected chi connectivity index (χ0v) is 20.4. The monoisotopic (exact) mass is 509 g/mol. The van der Waals surface area contributed by atoms with Crippen LogP contribution in [0.3, 0.4) is 0 Å². The van der Waals surface area contributed by atoms with E-state index in [4.69, 9.17) is 0 Å². The molecule has 8 heteroatoms. The van der Waals surface area contributed by atoms with Crippen molar-refractivity contribution in [3.63, 3.8) is 0 Å². The van der Waals surface area contributed by atoms with E-state index >= 15 is 0 Å². The van der Waals surface area contributed by atoms with E-state index in [1.54, 1.807) is 0 Å². The molecule has 6 nitrogen and oxygen atoms in total. The lowest BCUT2D eigenvalue weighted by Gasteiger charge is -2.30. The predicted molar refractivity (Wildman–Crippen MR) is 128 cm³/mol. The van der Waals surface area contributed by atoms with Crippen molar-refractivity contribution in [2.45, 2.75) is 53.1 Å². The number of thiophene rings is 1. The number of nitrogens with zero attached hydrogens (tertiary/aromatic N) is 2. The first-order valence-corrected chi connectivity index (χ1v) is 10.4. The SMILES string of the molecule is CCNC(=NCCCNC(=O)c1cccs1)NCCN(C(C)C)C(C)C.I. The van der Waals surface area contributed by atoms with Gasteiger partial charge in [0, 0.05) is 44.8 Å². The van der Waals surface area contributed by atoms with Crippen LogP contribution in [0.1, 0.15) is 50.7 Å². The van der Waals surface area contributed by atoms with Crippen LogP contribution < -0.4 is 16.0 Å². The predicted octanol–water partition coefficient (Wildman–Crippen LogP) is 3.16. The molecule has 0 saturated heterocycles. The number of carbonyl (C=O) groups is 1. The van der Waals surface area contributed by atoms with Crippen LogP contribution in [0.5, 0.6) is 0 Å². The highest BCUT2D eigenvalue weighted by molar-refractivity contribution is 14.0. The van der Waals surface area contributed by atoms with Crippen molar-refractivity contribution in [3.8, 4) is 0 Å². The van der Waals surface area contributed by atoms with Crippen LogP contribution in [0.15, 0.2) is 22.5 Å². The third-order valence-corrected chi connectivity index (χ3v) is 4.84. The Kier molecular flexibility index (Phi) is 14.6. The second-order valence-corrected chi connectivity index (χ2v) is 7.65. The molecule has 0 unspecified atom stereocenters. The van der Waals surface area contributed by atoms with Gasteiger partial charge in [-0.2, -0.15) is 0 Å². The molecule has 1 aromatic heterocycles. The Morgan fingerprint density at radius 1 is 1.15 bits per heavy atom. The van der Waals surface area contributed by atoms with Crippen LogP contribution >= 0.6 is 35.3 Å². The van der Waals surface area contributed by atoms with Gasteiger partial charge >= 0.3 is 0 Å². The molecule has 0 atom stereocenters. The van der Waals surface area contributed by atoms with Crippen molar-refractivity contribution in [2.75, 3.05) is 32.7 Å². The van der Waals surface area contributed by atoms with E-state index in [1.807, 2.05) is 17.5 Å². The maximum absolute atomic E-state index is 11.9. The topological polar surface area (TPSA) is 68.8 Å². The highest BCUT2D eigenvalue weighted by Gasteiger charge is 2.12. The normalized spacial score (nSPS) is 11.6. The van der Waals surface area contributed by atoms with Crippen molar-refractivity contribution in [2.24, 2.45) is 4.99 Å². The van der Waals surface area contributed by atoms with Crippen LogP contribution in [-0.2, 0) is 0 Å². The van der Waals surface area contributed by atoms with Gasteiger partial charge in [-0.05, 0) is 52.5 Å². The fourth-order valence-electron chi connectivity index (χ4n) is 2.72. The van der Waals surface area contributed by atoms with Gasteiger partial charge in [0.2, 0.25) is 0 Å². The first-order chi connectivity index (χ1) is 12.5. The summed E-state index contributed by atoms with van der Waals surface area (Å²) in [5, 5.41) is 11.5. The minimum atomic E-state index is -0.00327. The minimum absolute atomic E-state index is 0. The highest BCUT2D eigenvalue weighted by Crippen LogP contribution is 2.07. The Bertz CT molecular complexity index is 526. The van der Waals surface area contributed by atoms with Gasteiger partial charge in [-0.15, -0.1) is 35.3 Å². The van der Waals surface area contributed by atoms with E-state index in [2.05, 4.69) is 60.5 Å². The molecule has 0 bridgehead atoms. The van der Waals surface area contributed by atoms with Gasteiger partial charge < -0.3 is 16.0 Å². The van der Waals surface area contributed by atoms with Crippen LogP contribution in [0, 0.1) is 0 Å².